The molecule has 0 heterocycles. The van der Waals surface area contributed by atoms with Crippen LogP contribution in [-0.2, 0) is 14.6 Å². The van der Waals surface area contributed by atoms with Gasteiger partial charge in [0.1, 0.15) is 0 Å². The predicted octanol–water partition coefficient (Wildman–Crippen LogP) is 1.10. The lowest BCUT2D eigenvalue weighted by Crippen LogP contribution is -2.46. The van der Waals surface area contributed by atoms with Crippen LogP contribution in [0.3, 0.4) is 0 Å². The highest BCUT2D eigenvalue weighted by Crippen LogP contribution is 2.22. The van der Waals surface area contributed by atoms with Crippen LogP contribution in [0.5, 0.6) is 0 Å². The standard InChI is InChI=1S/C14H18N2O3S/c1-19-13-8-12(9-13)16-6-7-20(17,18)14-4-2-11(10-15)3-5-14/h2-5,12-13,16H,6-9H2,1H3. The van der Waals surface area contributed by atoms with Crippen molar-refractivity contribution in [3.05, 3.63) is 29.8 Å². The van der Waals surface area contributed by atoms with Crippen LogP contribution in [0.2, 0.25) is 0 Å². The lowest BCUT2D eigenvalue weighted by atomic mass is 9.89. The molecule has 0 saturated heterocycles. The molecule has 6 heteroatoms. The van der Waals surface area contributed by atoms with Crippen molar-refractivity contribution in [2.45, 2.75) is 29.9 Å². The largest absolute Gasteiger partial charge is 0.381 e. The number of rotatable bonds is 6. The second kappa shape index (κ2) is 6.35. The highest BCUT2D eigenvalue weighted by molar-refractivity contribution is 7.91. The first-order valence-corrected chi connectivity index (χ1v) is 8.19. The Morgan fingerprint density at radius 2 is 2.00 bits per heavy atom. The molecule has 1 aliphatic carbocycles. The Morgan fingerprint density at radius 1 is 1.35 bits per heavy atom. The van der Waals surface area contributed by atoms with Gasteiger partial charge in [-0.25, -0.2) is 8.42 Å². The summed E-state index contributed by atoms with van der Waals surface area (Å²) in [5.41, 5.74) is 0.460. The number of hydrogen-bond acceptors (Lipinski definition) is 5. The Morgan fingerprint density at radius 3 is 2.55 bits per heavy atom. The van der Waals surface area contributed by atoms with Crippen molar-refractivity contribution in [3.8, 4) is 6.07 Å². The molecule has 0 aliphatic heterocycles. The molecule has 1 aliphatic rings. The quantitative estimate of drug-likeness (QED) is 0.850. The molecule has 0 spiro atoms. The van der Waals surface area contributed by atoms with E-state index in [9.17, 15) is 8.42 Å². The molecule has 0 aromatic heterocycles. The average Bonchev–Trinajstić information content (AvgIpc) is 2.41. The Hall–Kier alpha value is -1.42. The number of hydrogen-bond donors (Lipinski definition) is 1. The Labute approximate surface area is 119 Å². The van der Waals surface area contributed by atoms with E-state index >= 15 is 0 Å². The number of nitrogens with one attached hydrogen (secondary N) is 1. The zero-order valence-electron chi connectivity index (χ0n) is 11.4. The molecule has 2 rings (SSSR count). The van der Waals surface area contributed by atoms with E-state index in [1.807, 2.05) is 6.07 Å². The van der Waals surface area contributed by atoms with E-state index in [-0.39, 0.29) is 10.6 Å². The van der Waals surface area contributed by atoms with Crippen molar-refractivity contribution in [1.29, 1.82) is 5.26 Å². The van der Waals surface area contributed by atoms with Crippen LogP contribution in [-0.4, -0.2) is 40.0 Å². The summed E-state index contributed by atoms with van der Waals surface area (Å²) in [7, 11) is -1.60. The first-order chi connectivity index (χ1) is 9.55. The van der Waals surface area contributed by atoms with E-state index in [2.05, 4.69) is 5.32 Å². The first kappa shape index (κ1) is 15.0. The Bertz CT molecular complexity index is 584. The molecule has 1 saturated carbocycles. The molecule has 108 valence electrons. The van der Waals surface area contributed by atoms with Crippen LogP contribution in [0, 0.1) is 11.3 Å². The van der Waals surface area contributed by atoms with E-state index in [4.69, 9.17) is 10.00 Å². The van der Waals surface area contributed by atoms with Gasteiger partial charge < -0.3 is 10.1 Å². The van der Waals surface area contributed by atoms with Crippen LogP contribution in [0.1, 0.15) is 18.4 Å². The maximum atomic E-state index is 12.1. The van der Waals surface area contributed by atoms with Gasteiger partial charge in [-0.2, -0.15) is 5.26 Å². The minimum atomic E-state index is -3.29. The molecular formula is C14H18N2O3S. The minimum absolute atomic E-state index is 0.0625. The molecule has 0 bridgehead atoms. The molecular weight excluding hydrogens is 276 g/mol. The number of benzene rings is 1. The first-order valence-electron chi connectivity index (χ1n) is 6.54. The molecule has 0 unspecified atom stereocenters. The van der Waals surface area contributed by atoms with Crippen LogP contribution < -0.4 is 5.32 Å². The van der Waals surface area contributed by atoms with Crippen molar-refractivity contribution >= 4 is 9.84 Å². The maximum absolute atomic E-state index is 12.1. The van der Waals surface area contributed by atoms with E-state index in [0.717, 1.165) is 12.8 Å². The van der Waals surface area contributed by atoms with E-state index in [1.165, 1.54) is 24.3 Å². The normalized spacial score (nSPS) is 22.0. The number of methoxy groups -OCH3 is 1. The second-order valence-corrected chi connectivity index (χ2v) is 7.04. The summed E-state index contributed by atoms with van der Waals surface area (Å²) in [4.78, 5) is 0.265. The minimum Gasteiger partial charge on any atom is -0.381 e. The third kappa shape index (κ3) is 3.57. The van der Waals surface area contributed by atoms with Gasteiger partial charge >= 0.3 is 0 Å². The topological polar surface area (TPSA) is 79.2 Å². The molecule has 0 atom stereocenters. The number of nitrogens with zero attached hydrogens (tertiary/aromatic N) is 1. The molecule has 5 nitrogen and oxygen atoms in total. The van der Waals surface area contributed by atoms with E-state index < -0.39 is 9.84 Å². The van der Waals surface area contributed by atoms with Gasteiger partial charge in [0.2, 0.25) is 0 Å². The number of ether oxygens (including phenoxy) is 1. The van der Waals surface area contributed by atoms with Gasteiger partial charge in [-0.3, -0.25) is 0 Å². The highest BCUT2D eigenvalue weighted by Gasteiger charge is 2.28. The fourth-order valence-corrected chi connectivity index (χ4v) is 3.35. The third-order valence-electron chi connectivity index (χ3n) is 3.57. The number of sulfone groups is 1. The van der Waals surface area contributed by atoms with Crippen molar-refractivity contribution in [3.63, 3.8) is 0 Å². The van der Waals surface area contributed by atoms with Crippen LogP contribution in [0.4, 0.5) is 0 Å². The van der Waals surface area contributed by atoms with Gasteiger partial charge in [0.15, 0.2) is 9.84 Å². The van der Waals surface area contributed by atoms with Crippen molar-refractivity contribution in [2.24, 2.45) is 0 Å². The SMILES string of the molecule is COC1CC(NCCS(=O)(=O)c2ccc(C#N)cc2)C1. The molecule has 0 amide bonds. The molecule has 20 heavy (non-hydrogen) atoms. The van der Waals surface area contributed by atoms with Crippen molar-refractivity contribution in [1.82, 2.24) is 5.32 Å². The summed E-state index contributed by atoms with van der Waals surface area (Å²) in [6.45, 7) is 0.434. The summed E-state index contributed by atoms with van der Waals surface area (Å²) >= 11 is 0. The molecule has 0 radical (unpaired) electrons. The third-order valence-corrected chi connectivity index (χ3v) is 5.31. The predicted molar refractivity (Wildman–Crippen MR) is 75.0 cm³/mol. The zero-order valence-corrected chi connectivity index (χ0v) is 12.2. The van der Waals surface area contributed by atoms with Crippen molar-refractivity contribution < 1.29 is 13.2 Å². The fourth-order valence-electron chi connectivity index (χ4n) is 2.18. The van der Waals surface area contributed by atoms with Crippen LogP contribution in [0.25, 0.3) is 0 Å². The molecule has 1 aromatic rings. The summed E-state index contributed by atoms with van der Waals surface area (Å²) in [5, 5.41) is 11.9. The summed E-state index contributed by atoms with van der Waals surface area (Å²) in [6, 6.07) is 8.34. The van der Waals surface area contributed by atoms with Gasteiger partial charge in [-0.05, 0) is 37.1 Å². The molecule has 1 aromatic carbocycles. The Kier molecular flexibility index (Phi) is 4.76. The van der Waals surface area contributed by atoms with Crippen LogP contribution in [0.15, 0.2) is 29.2 Å². The Balaban J connectivity index is 1.83. The van der Waals surface area contributed by atoms with Gasteiger partial charge in [0.05, 0.1) is 28.4 Å². The average molecular weight is 294 g/mol. The van der Waals surface area contributed by atoms with Gasteiger partial charge in [-0.15, -0.1) is 0 Å². The zero-order chi connectivity index (χ0) is 14.6. The summed E-state index contributed by atoms with van der Waals surface area (Å²) < 4.78 is 29.4. The van der Waals surface area contributed by atoms with Gasteiger partial charge in [-0.1, -0.05) is 0 Å². The van der Waals surface area contributed by atoms with E-state index in [0.29, 0.717) is 24.3 Å². The lowest BCUT2D eigenvalue weighted by molar-refractivity contribution is 0.0181. The molecule has 1 fully saturated rings. The monoisotopic (exact) mass is 294 g/mol. The summed E-state index contributed by atoms with van der Waals surface area (Å²) in [6.07, 6.45) is 2.18. The van der Waals surface area contributed by atoms with Gasteiger partial charge in [0, 0.05) is 19.7 Å². The number of nitriles is 1. The summed E-state index contributed by atoms with van der Waals surface area (Å²) in [5.74, 6) is 0.0625. The second-order valence-electron chi connectivity index (χ2n) is 4.94. The highest BCUT2D eigenvalue weighted by atomic mass is 32.2. The maximum Gasteiger partial charge on any atom is 0.179 e. The van der Waals surface area contributed by atoms with Gasteiger partial charge in [0.25, 0.3) is 0 Å². The van der Waals surface area contributed by atoms with E-state index in [1.54, 1.807) is 7.11 Å². The molecule has 1 N–H and O–H groups in total. The smallest absolute Gasteiger partial charge is 0.179 e. The van der Waals surface area contributed by atoms with Crippen molar-refractivity contribution in [2.75, 3.05) is 19.4 Å². The fraction of sp³-hybridized carbons (Fsp3) is 0.500. The lowest BCUT2D eigenvalue weighted by Gasteiger charge is -2.34. The van der Waals surface area contributed by atoms with Crippen LogP contribution >= 0.6 is 0 Å².